The standard InChI is InChI=1S/C41H36N2/c1-41(2)34-15-7-9-18-38(34)43-37-24-23-29(25-33(37)32-14-10-16-35(41)40(32)43)30-22-21-28-20-19-27-11-6-8-17-36(27)42(39(28)26-30)31-12-4-3-5-13-31/h3-7,9-16,18,21-24,26,29H,8,17,19-20,25H2,1-2H3. The maximum Gasteiger partial charge on any atom is 0.0578 e. The zero-order valence-electron chi connectivity index (χ0n) is 25.0. The van der Waals surface area contributed by atoms with E-state index in [1.165, 1.54) is 72.7 Å². The average Bonchev–Trinajstić information content (AvgIpc) is 3.28. The summed E-state index contributed by atoms with van der Waals surface area (Å²) in [5, 5.41) is 1.41. The van der Waals surface area contributed by atoms with E-state index in [0.29, 0.717) is 5.92 Å². The lowest BCUT2D eigenvalue weighted by molar-refractivity contribution is 0.628. The molecular formula is C41H36N2. The van der Waals surface area contributed by atoms with Crippen LogP contribution in [0.1, 0.15) is 72.5 Å². The van der Waals surface area contributed by atoms with E-state index in [4.69, 9.17) is 0 Å². The summed E-state index contributed by atoms with van der Waals surface area (Å²) in [6.07, 6.45) is 15.0. The molecule has 0 spiro atoms. The smallest absolute Gasteiger partial charge is 0.0578 e. The first-order chi connectivity index (χ1) is 21.1. The van der Waals surface area contributed by atoms with Gasteiger partial charge in [-0.3, -0.25) is 0 Å². The zero-order valence-corrected chi connectivity index (χ0v) is 25.0. The highest BCUT2D eigenvalue weighted by Crippen LogP contribution is 2.49. The lowest BCUT2D eigenvalue weighted by Crippen LogP contribution is -2.26. The van der Waals surface area contributed by atoms with Crippen LogP contribution in [0, 0.1) is 0 Å². The molecule has 0 radical (unpaired) electrons. The molecule has 43 heavy (non-hydrogen) atoms. The zero-order chi connectivity index (χ0) is 28.7. The van der Waals surface area contributed by atoms with Gasteiger partial charge in [0.05, 0.1) is 11.2 Å². The van der Waals surface area contributed by atoms with Crippen molar-refractivity contribution in [2.45, 2.75) is 57.3 Å². The number of para-hydroxylation sites is 3. The Labute approximate surface area is 254 Å². The van der Waals surface area contributed by atoms with Crippen LogP contribution < -0.4 is 4.90 Å². The van der Waals surface area contributed by atoms with E-state index in [0.717, 1.165) is 32.1 Å². The van der Waals surface area contributed by atoms with Crippen LogP contribution in [0.25, 0.3) is 22.7 Å². The third kappa shape index (κ3) is 3.59. The Balaban J connectivity index is 1.18. The molecule has 4 aliphatic rings. The molecule has 1 aromatic heterocycles. The first-order valence-corrected chi connectivity index (χ1v) is 15.9. The summed E-state index contributed by atoms with van der Waals surface area (Å²) in [4.78, 5) is 2.57. The number of hydrogen-bond acceptors (Lipinski definition) is 1. The Bertz CT molecular complexity index is 2030. The van der Waals surface area contributed by atoms with Crippen molar-refractivity contribution in [3.63, 3.8) is 0 Å². The lowest BCUT2D eigenvalue weighted by atomic mass is 9.74. The fraction of sp³-hybridized carbons (Fsp3) is 0.220. The Hall–Kier alpha value is -4.56. The van der Waals surface area contributed by atoms with Crippen LogP contribution in [0.2, 0.25) is 0 Å². The van der Waals surface area contributed by atoms with E-state index in [-0.39, 0.29) is 5.41 Å². The third-order valence-electron chi connectivity index (χ3n) is 10.5. The third-order valence-corrected chi connectivity index (χ3v) is 10.5. The molecule has 0 saturated carbocycles. The van der Waals surface area contributed by atoms with Gasteiger partial charge in [-0.05, 0) is 95.8 Å². The predicted molar refractivity (Wildman–Crippen MR) is 180 cm³/mol. The van der Waals surface area contributed by atoms with E-state index in [2.05, 4.69) is 139 Å². The van der Waals surface area contributed by atoms with Crippen molar-refractivity contribution in [2.75, 3.05) is 4.90 Å². The molecule has 0 fully saturated rings. The lowest BCUT2D eigenvalue weighted by Gasteiger charge is -2.35. The van der Waals surface area contributed by atoms with Crippen molar-refractivity contribution in [1.82, 2.24) is 4.57 Å². The monoisotopic (exact) mass is 556 g/mol. The molecule has 3 heterocycles. The number of fused-ring (bicyclic) bond motifs is 6. The molecule has 1 unspecified atom stereocenters. The summed E-state index contributed by atoms with van der Waals surface area (Å²) in [5.41, 5.74) is 16.8. The summed E-state index contributed by atoms with van der Waals surface area (Å²) < 4.78 is 2.55. The fourth-order valence-corrected chi connectivity index (χ4v) is 8.34. The Morgan fingerprint density at radius 2 is 1.58 bits per heavy atom. The molecule has 9 rings (SSSR count). The molecular weight excluding hydrogens is 520 g/mol. The number of anilines is 2. The molecule has 2 aliphatic carbocycles. The Morgan fingerprint density at radius 1 is 0.744 bits per heavy atom. The van der Waals surface area contributed by atoms with Gasteiger partial charge in [-0.25, -0.2) is 0 Å². The highest BCUT2D eigenvalue weighted by atomic mass is 15.2. The van der Waals surface area contributed by atoms with Gasteiger partial charge in [0, 0.05) is 39.5 Å². The van der Waals surface area contributed by atoms with E-state index in [1.807, 2.05) is 0 Å². The summed E-state index contributed by atoms with van der Waals surface area (Å²) in [5.74, 6) is 0.338. The van der Waals surface area contributed by atoms with Crippen LogP contribution in [0.5, 0.6) is 0 Å². The number of aromatic nitrogens is 1. The van der Waals surface area contributed by atoms with Crippen molar-refractivity contribution in [2.24, 2.45) is 0 Å². The van der Waals surface area contributed by atoms with Gasteiger partial charge in [0.15, 0.2) is 0 Å². The minimum atomic E-state index is -0.0318. The van der Waals surface area contributed by atoms with E-state index < -0.39 is 0 Å². The molecule has 2 aliphatic heterocycles. The maximum absolute atomic E-state index is 2.57. The molecule has 0 saturated heterocycles. The molecule has 2 nitrogen and oxygen atoms in total. The minimum Gasteiger partial charge on any atom is -0.314 e. The van der Waals surface area contributed by atoms with E-state index >= 15 is 0 Å². The largest absolute Gasteiger partial charge is 0.314 e. The summed E-state index contributed by atoms with van der Waals surface area (Å²) >= 11 is 0. The highest BCUT2D eigenvalue weighted by molar-refractivity contribution is 5.96. The number of rotatable bonds is 2. The second-order valence-corrected chi connectivity index (χ2v) is 13.2. The van der Waals surface area contributed by atoms with Crippen LogP contribution in [0.4, 0.5) is 11.4 Å². The maximum atomic E-state index is 2.57. The molecule has 210 valence electrons. The Kier molecular flexibility index (Phi) is 5.36. The van der Waals surface area contributed by atoms with Crippen LogP contribution in [-0.4, -0.2) is 4.57 Å². The topological polar surface area (TPSA) is 8.17 Å². The van der Waals surface area contributed by atoms with Gasteiger partial charge in [0.25, 0.3) is 0 Å². The molecule has 0 N–H and O–H groups in total. The van der Waals surface area contributed by atoms with Gasteiger partial charge < -0.3 is 9.47 Å². The first-order valence-electron chi connectivity index (χ1n) is 15.9. The molecule has 1 atom stereocenters. The average molecular weight is 557 g/mol. The number of allylic oxidation sites excluding steroid dienone is 5. The summed E-state index contributed by atoms with van der Waals surface area (Å²) in [7, 11) is 0. The van der Waals surface area contributed by atoms with Crippen LogP contribution in [0.15, 0.2) is 120 Å². The second kappa shape index (κ2) is 9.22. The van der Waals surface area contributed by atoms with Crippen molar-refractivity contribution in [1.29, 1.82) is 0 Å². The molecule has 2 heteroatoms. The SMILES string of the molecule is CC1(C)c2ccccc2-n2c3c(c4cccc1c42)CC(c1ccc2c(c1)N(c1ccccc1)C1=C(C=CCC1)CC2)C=C3. The van der Waals surface area contributed by atoms with Crippen molar-refractivity contribution >= 4 is 28.4 Å². The number of nitrogens with zero attached hydrogens (tertiary/aromatic N) is 2. The van der Waals surface area contributed by atoms with Gasteiger partial charge in [0.1, 0.15) is 0 Å². The molecule has 4 aromatic carbocycles. The number of hydrogen-bond donors (Lipinski definition) is 0. The highest BCUT2D eigenvalue weighted by Gasteiger charge is 2.37. The van der Waals surface area contributed by atoms with E-state index in [1.54, 1.807) is 0 Å². The van der Waals surface area contributed by atoms with Gasteiger partial charge in [-0.1, -0.05) is 98.8 Å². The first kappa shape index (κ1) is 25.0. The Morgan fingerprint density at radius 3 is 2.49 bits per heavy atom. The van der Waals surface area contributed by atoms with Crippen LogP contribution in [0.3, 0.4) is 0 Å². The van der Waals surface area contributed by atoms with Gasteiger partial charge in [0.2, 0.25) is 0 Å². The molecule has 0 bridgehead atoms. The van der Waals surface area contributed by atoms with Crippen molar-refractivity contribution in [3.05, 3.63) is 154 Å². The quantitative estimate of drug-likeness (QED) is 0.210. The van der Waals surface area contributed by atoms with Gasteiger partial charge >= 0.3 is 0 Å². The van der Waals surface area contributed by atoms with Crippen molar-refractivity contribution in [3.8, 4) is 5.69 Å². The van der Waals surface area contributed by atoms with Crippen LogP contribution >= 0.6 is 0 Å². The number of aryl methyl sites for hydroxylation is 1. The normalized spacial score (nSPS) is 19.5. The van der Waals surface area contributed by atoms with Crippen LogP contribution in [-0.2, 0) is 18.3 Å². The summed E-state index contributed by atoms with van der Waals surface area (Å²) in [6.45, 7) is 4.76. The van der Waals surface area contributed by atoms with Crippen molar-refractivity contribution < 1.29 is 0 Å². The van der Waals surface area contributed by atoms with E-state index in [9.17, 15) is 0 Å². The second-order valence-electron chi connectivity index (χ2n) is 13.2. The fourth-order valence-electron chi connectivity index (χ4n) is 8.34. The molecule has 0 amide bonds. The summed E-state index contributed by atoms with van der Waals surface area (Å²) in [6, 6.07) is 34.3. The molecule has 5 aromatic rings. The van der Waals surface area contributed by atoms with Gasteiger partial charge in [-0.15, -0.1) is 0 Å². The number of benzene rings is 4. The van der Waals surface area contributed by atoms with Gasteiger partial charge in [-0.2, -0.15) is 0 Å². The predicted octanol–water partition coefficient (Wildman–Crippen LogP) is 10.3. The minimum absolute atomic E-state index is 0.0318.